The van der Waals surface area contributed by atoms with Gasteiger partial charge in [0, 0.05) is 5.88 Å². The third kappa shape index (κ3) is 2.93. The number of pyridine rings is 1. The van der Waals surface area contributed by atoms with Crippen LogP contribution in [0.2, 0.25) is 0 Å². The van der Waals surface area contributed by atoms with Crippen molar-refractivity contribution >= 4 is 17.6 Å². The minimum absolute atomic E-state index is 0.00807. The molecular weight excluding hydrogens is 266 g/mol. The predicted octanol–water partition coefficient (Wildman–Crippen LogP) is 2.81. The van der Waals surface area contributed by atoms with Crippen LogP contribution in [0.5, 0.6) is 0 Å². The minimum Gasteiger partial charge on any atom is -0.462 e. The van der Waals surface area contributed by atoms with E-state index in [1.54, 1.807) is 13.0 Å². The Balaban J connectivity index is 3.36. The lowest BCUT2D eigenvalue weighted by atomic mass is 10.1. The molecule has 4 nitrogen and oxygen atoms in total. The van der Waals surface area contributed by atoms with Gasteiger partial charge in [-0.1, -0.05) is 0 Å². The highest BCUT2D eigenvalue weighted by atomic mass is 35.5. The fourth-order valence-corrected chi connectivity index (χ4v) is 1.53. The first-order valence-electron chi connectivity index (χ1n) is 5.00. The molecule has 0 atom stereocenters. The Morgan fingerprint density at radius 2 is 2.33 bits per heavy atom. The number of ether oxygens (including phenoxy) is 1. The fourth-order valence-electron chi connectivity index (χ4n) is 1.31. The van der Waals surface area contributed by atoms with E-state index in [1.165, 1.54) is 0 Å². The first-order chi connectivity index (χ1) is 8.54. The van der Waals surface area contributed by atoms with E-state index in [0.717, 1.165) is 6.07 Å². The summed E-state index contributed by atoms with van der Waals surface area (Å²) in [5.41, 5.74) is -1.12. The second-order valence-electron chi connectivity index (χ2n) is 3.20. The van der Waals surface area contributed by atoms with Crippen LogP contribution in [0.3, 0.4) is 0 Å². The van der Waals surface area contributed by atoms with Crippen LogP contribution in [0.4, 0.5) is 8.78 Å². The summed E-state index contributed by atoms with van der Waals surface area (Å²) in [5.74, 6) is -1.01. The molecule has 1 aromatic rings. The topological polar surface area (TPSA) is 63.0 Å². The molecule has 0 aliphatic carbocycles. The fraction of sp³-hybridized carbons (Fsp3) is 0.364. The molecule has 0 saturated heterocycles. The van der Waals surface area contributed by atoms with E-state index < -0.39 is 23.8 Å². The third-order valence-electron chi connectivity index (χ3n) is 2.09. The molecule has 0 fully saturated rings. The monoisotopic (exact) mass is 274 g/mol. The molecule has 0 bridgehead atoms. The van der Waals surface area contributed by atoms with Gasteiger partial charge in [-0.2, -0.15) is 5.26 Å². The highest BCUT2D eigenvalue weighted by Gasteiger charge is 2.22. The summed E-state index contributed by atoms with van der Waals surface area (Å²) >= 11 is 5.52. The number of carbonyl (C=O) groups is 1. The van der Waals surface area contributed by atoms with Gasteiger partial charge in [-0.05, 0) is 18.6 Å². The average molecular weight is 275 g/mol. The Hall–Kier alpha value is -1.74. The van der Waals surface area contributed by atoms with E-state index in [4.69, 9.17) is 21.6 Å². The Labute approximate surface area is 107 Å². The van der Waals surface area contributed by atoms with Crippen LogP contribution < -0.4 is 0 Å². The molecule has 7 heteroatoms. The largest absolute Gasteiger partial charge is 0.462 e. The smallest absolute Gasteiger partial charge is 0.341 e. The van der Waals surface area contributed by atoms with Gasteiger partial charge in [0.05, 0.1) is 12.2 Å². The number of carbonyl (C=O) groups excluding carboxylic acids is 1. The molecule has 1 aromatic heterocycles. The zero-order valence-electron chi connectivity index (χ0n) is 9.41. The van der Waals surface area contributed by atoms with Crippen molar-refractivity contribution < 1.29 is 18.3 Å². The highest BCUT2D eigenvalue weighted by Crippen LogP contribution is 2.25. The molecule has 1 heterocycles. The summed E-state index contributed by atoms with van der Waals surface area (Å²) in [4.78, 5) is 15.0. The number of esters is 1. The second kappa shape index (κ2) is 6.26. The maximum absolute atomic E-state index is 12.7. The van der Waals surface area contributed by atoms with Crippen molar-refractivity contribution in [1.82, 2.24) is 4.98 Å². The van der Waals surface area contributed by atoms with Gasteiger partial charge in [0.1, 0.15) is 11.8 Å². The lowest BCUT2D eigenvalue weighted by Crippen LogP contribution is -2.11. The third-order valence-corrected chi connectivity index (χ3v) is 2.37. The standard InChI is InChI=1S/C11H9ClF2N2O2/c1-2-18-11(17)7-3-6(4-12)9(10(13)14)16-8(7)5-15/h3,10H,2,4H2,1H3. The maximum Gasteiger partial charge on any atom is 0.341 e. The van der Waals surface area contributed by atoms with Gasteiger partial charge >= 0.3 is 5.97 Å². The van der Waals surface area contributed by atoms with Gasteiger partial charge in [-0.3, -0.25) is 0 Å². The Kier molecular flexibility index (Phi) is 4.98. The van der Waals surface area contributed by atoms with Gasteiger partial charge < -0.3 is 4.74 Å². The molecule has 0 amide bonds. The summed E-state index contributed by atoms with van der Waals surface area (Å²) < 4.78 is 30.0. The van der Waals surface area contributed by atoms with Gasteiger partial charge in [-0.25, -0.2) is 18.6 Å². The Bertz CT molecular complexity index is 501. The zero-order chi connectivity index (χ0) is 13.7. The zero-order valence-corrected chi connectivity index (χ0v) is 10.2. The van der Waals surface area contributed by atoms with E-state index in [0.29, 0.717) is 0 Å². The number of rotatable bonds is 4. The van der Waals surface area contributed by atoms with Crippen LogP contribution in [-0.4, -0.2) is 17.6 Å². The van der Waals surface area contributed by atoms with Crippen LogP contribution in [0.1, 0.15) is 40.7 Å². The molecule has 18 heavy (non-hydrogen) atoms. The first kappa shape index (κ1) is 14.3. The summed E-state index contributed by atoms with van der Waals surface area (Å²) in [5, 5.41) is 8.81. The highest BCUT2D eigenvalue weighted by molar-refractivity contribution is 6.17. The van der Waals surface area contributed by atoms with Crippen molar-refractivity contribution in [3.8, 4) is 6.07 Å². The van der Waals surface area contributed by atoms with Gasteiger partial charge in [-0.15, -0.1) is 11.6 Å². The van der Waals surface area contributed by atoms with Crippen molar-refractivity contribution in [3.05, 3.63) is 28.6 Å². The number of aromatic nitrogens is 1. The summed E-state index contributed by atoms with van der Waals surface area (Å²) in [7, 11) is 0. The van der Waals surface area contributed by atoms with Crippen molar-refractivity contribution in [2.75, 3.05) is 6.61 Å². The lowest BCUT2D eigenvalue weighted by Gasteiger charge is -2.09. The SMILES string of the molecule is CCOC(=O)c1cc(CCl)c(C(F)F)nc1C#N. The van der Waals surface area contributed by atoms with Crippen LogP contribution in [0.15, 0.2) is 6.07 Å². The molecule has 0 spiro atoms. The number of hydrogen-bond donors (Lipinski definition) is 0. The van der Waals surface area contributed by atoms with Crippen molar-refractivity contribution in [2.24, 2.45) is 0 Å². The Morgan fingerprint density at radius 3 is 2.78 bits per heavy atom. The maximum atomic E-state index is 12.7. The summed E-state index contributed by atoms with van der Waals surface area (Å²) in [6, 6.07) is 2.72. The minimum atomic E-state index is -2.86. The second-order valence-corrected chi connectivity index (χ2v) is 3.46. The quantitative estimate of drug-likeness (QED) is 0.625. The van der Waals surface area contributed by atoms with Crippen molar-refractivity contribution in [3.63, 3.8) is 0 Å². The lowest BCUT2D eigenvalue weighted by molar-refractivity contribution is 0.0524. The average Bonchev–Trinajstić information content (AvgIpc) is 2.37. The molecule has 1 rings (SSSR count). The number of halogens is 3. The Morgan fingerprint density at radius 1 is 1.67 bits per heavy atom. The number of alkyl halides is 3. The van der Waals surface area contributed by atoms with Crippen LogP contribution in [-0.2, 0) is 10.6 Å². The summed E-state index contributed by atoms with van der Waals surface area (Å²) in [6.07, 6.45) is -2.86. The number of nitriles is 1. The molecule has 0 radical (unpaired) electrons. The molecule has 96 valence electrons. The number of hydrogen-bond acceptors (Lipinski definition) is 4. The van der Waals surface area contributed by atoms with E-state index in [-0.39, 0.29) is 23.6 Å². The number of nitrogens with zero attached hydrogens (tertiary/aromatic N) is 2. The van der Waals surface area contributed by atoms with Crippen LogP contribution >= 0.6 is 11.6 Å². The van der Waals surface area contributed by atoms with Gasteiger partial charge in [0.25, 0.3) is 6.43 Å². The van der Waals surface area contributed by atoms with Crippen molar-refractivity contribution in [2.45, 2.75) is 19.2 Å². The van der Waals surface area contributed by atoms with Crippen molar-refractivity contribution in [1.29, 1.82) is 5.26 Å². The molecular formula is C11H9ClF2N2O2. The molecule has 0 unspecified atom stereocenters. The van der Waals surface area contributed by atoms with E-state index in [2.05, 4.69) is 4.98 Å². The van der Waals surface area contributed by atoms with E-state index in [1.807, 2.05) is 0 Å². The predicted molar refractivity (Wildman–Crippen MR) is 59.4 cm³/mol. The summed E-state index contributed by atoms with van der Waals surface area (Å²) in [6.45, 7) is 1.70. The molecule has 0 N–H and O–H groups in total. The van der Waals surface area contributed by atoms with E-state index >= 15 is 0 Å². The van der Waals surface area contributed by atoms with E-state index in [9.17, 15) is 13.6 Å². The molecule has 0 aliphatic rings. The van der Waals surface area contributed by atoms with Crippen LogP contribution in [0, 0.1) is 11.3 Å². The molecule has 0 aromatic carbocycles. The first-order valence-corrected chi connectivity index (χ1v) is 5.53. The van der Waals surface area contributed by atoms with Crippen LogP contribution in [0.25, 0.3) is 0 Å². The van der Waals surface area contributed by atoms with Gasteiger partial charge in [0.15, 0.2) is 5.69 Å². The normalized spacial score (nSPS) is 10.2. The molecule has 0 saturated carbocycles. The molecule has 0 aliphatic heterocycles. The van der Waals surface area contributed by atoms with Gasteiger partial charge in [0.2, 0.25) is 0 Å².